The van der Waals surface area contributed by atoms with Crippen LogP contribution in [-0.4, -0.2) is 33.2 Å². The molecule has 7 heteroatoms. The van der Waals surface area contributed by atoms with Crippen molar-refractivity contribution >= 4 is 21.4 Å². The topological polar surface area (TPSA) is 104 Å². The summed E-state index contributed by atoms with van der Waals surface area (Å²) in [5.74, 6) is 0.397. The number of hydrogen-bond acceptors (Lipinski definition) is 5. The molecule has 2 rings (SSSR count). The third-order valence-corrected chi connectivity index (χ3v) is 4.74. The molecule has 1 unspecified atom stereocenters. The van der Waals surface area contributed by atoms with E-state index >= 15 is 0 Å². The number of aliphatic hydroxyl groups excluding tert-OH is 1. The minimum Gasteiger partial charge on any atom is -0.398 e. The minimum absolute atomic E-state index is 0.0586. The highest BCUT2D eigenvalue weighted by Gasteiger charge is 2.29. The molecule has 0 heterocycles. The molecule has 19 heavy (non-hydrogen) atoms. The molecule has 0 spiro atoms. The van der Waals surface area contributed by atoms with E-state index in [1.165, 1.54) is 13.1 Å². The van der Waals surface area contributed by atoms with E-state index in [2.05, 4.69) is 10.0 Å². The Bertz CT molecular complexity index is 555. The summed E-state index contributed by atoms with van der Waals surface area (Å²) in [7, 11) is -2.19. The highest BCUT2D eigenvalue weighted by molar-refractivity contribution is 7.89. The molecule has 106 valence electrons. The molecule has 1 atom stereocenters. The number of nitrogens with two attached hydrogens (primary N) is 1. The van der Waals surface area contributed by atoms with E-state index in [0.717, 1.165) is 12.8 Å². The van der Waals surface area contributed by atoms with Crippen molar-refractivity contribution in [3.63, 3.8) is 0 Å². The largest absolute Gasteiger partial charge is 0.398 e. The van der Waals surface area contributed by atoms with Crippen LogP contribution in [0.3, 0.4) is 0 Å². The standard InChI is InChI=1S/C12H19N3O3S/c1-14-19(17,18)12-5-4-9(6-10(12)13)15-7-11(16)8-2-3-8/h4-6,8,11,14-16H,2-3,7,13H2,1H3. The van der Waals surface area contributed by atoms with Gasteiger partial charge in [-0.2, -0.15) is 0 Å². The summed E-state index contributed by atoms with van der Waals surface area (Å²) in [6, 6.07) is 4.65. The molecule has 1 saturated carbocycles. The van der Waals surface area contributed by atoms with Gasteiger partial charge in [0.1, 0.15) is 4.90 Å². The summed E-state index contributed by atoms with van der Waals surface area (Å²) >= 11 is 0. The fraction of sp³-hybridized carbons (Fsp3) is 0.500. The van der Waals surface area contributed by atoms with Crippen molar-refractivity contribution in [3.8, 4) is 0 Å². The van der Waals surface area contributed by atoms with Crippen LogP contribution in [0.25, 0.3) is 0 Å². The molecule has 5 N–H and O–H groups in total. The van der Waals surface area contributed by atoms with Crippen LogP contribution < -0.4 is 15.8 Å². The van der Waals surface area contributed by atoms with Crippen molar-refractivity contribution < 1.29 is 13.5 Å². The van der Waals surface area contributed by atoms with Gasteiger partial charge in [0.25, 0.3) is 0 Å². The maximum absolute atomic E-state index is 11.6. The third-order valence-electron chi connectivity index (χ3n) is 3.25. The van der Waals surface area contributed by atoms with E-state index in [-0.39, 0.29) is 16.7 Å². The summed E-state index contributed by atoms with van der Waals surface area (Å²) in [6.07, 6.45) is 1.79. The second-order valence-electron chi connectivity index (χ2n) is 4.75. The fourth-order valence-electron chi connectivity index (χ4n) is 1.88. The lowest BCUT2D eigenvalue weighted by atomic mass is 10.2. The molecule has 6 nitrogen and oxygen atoms in total. The Labute approximate surface area is 113 Å². The Morgan fingerprint density at radius 1 is 1.47 bits per heavy atom. The highest BCUT2D eigenvalue weighted by Crippen LogP contribution is 2.32. The van der Waals surface area contributed by atoms with E-state index in [9.17, 15) is 13.5 Å². The van der Waals surface area contributed by atoms with Crippen LogP contribution >= 0.6 is 0 Å². The highest BCUT2D eigenvalue weighted by atomic mass is 32.2. The number of rotatable bonds is 6. The Hall–Kier alpha value is -1.31. The number of hydrogen-bond donors (Lipinski definition) is 4. The Morgan fingerprint density at radius 3 is 2.68 bits per heavy atom. The fourth-order valence-corrected chi connectivity index (χ4v) is 2.72. The van der Waals surface area contributed by atoms with E-state index in [1.54, 1.807) is 12.1 Å². The molecule has 1 aromatic carbocycles. The molecule has 0 saturated heterocycles. The zero-order valence-electron chi connectivity index (χ0n) is 10.8. The monoisotopic (exact) mass is 285 g/mol. The number of aliphatic hydroxyl groups is 1. The molecule has 0 amide bonds. The Kier molecular flexibility index (Phi) is 3.98. The molecule has 1 fully saturated rings. The van der Waals surface area contributed by atoms with Gasteiger partial charge >= 0.3 is 0 Å². The van der Waals surface area contributed by atoms with Gasteiger partial charge in [-0.1, -0.05) is 0 Å². The van der Waals surface area contributed by atoms with Crippen molar-refractivity contribution in [2.24, 2.45) is 5.92 Å². The summed E-state index contributed by atoms with van der Waals surface area (Å²) in [4.78, 5) is 0.0586. The second-order valence-corrected chi connectivity index (χ2v) is 6.60. The SMILES string of the molecule is CNS(=O)(=O)c1ccc(NCC(O)C2CC2)cc1N. The Morgan fingerprint density at radius 2 is 2.16 bits per heavy atom. The van der Waals surface area contributed by atoms with Crippen LogP contribution in [0.5, 0.6) is 0 Å². The maximum atomic E-state index is 11.6. The second kappa shape index (κ2) is 5.36. The van der Waals surface area contributed by atoms with Crippen molar-refractivity contribution in [2.45, 2.75) is 23.8 Å². The molecular formula is C12H19N3O3S. The van der Waals surface area contributed by atoms with Gasteiger partial charge < -0.3 is 16.2 Å². The average molecular weight is 285 g/mol. The van der Waals surface area contributed by atoms with Crippen LogP contribution in [0.2, 0.25) is 0 Å². The first kappa shape index (κ1) is 14.1. The van der Waals surface area contributed by atoms with Crippen molar-refractivity contribution in [1.29, 1.82) is 0 Å². The van der Waals surface area contributed by atoms with Crippen LogP contribution in [0, 0.1) is 5.92 Å². The zero-order valence-corrected chi connectivity index (χ0v) is 11.6. The van der Waals surface area contributed by atoms with Gasteiger partial charge in [0, 0.05) is 12.2 Å². The van der Waals surface area contributed by atoms with E-state index in [1.807, 2.05) is 0 Å². The summed E-state index contributed by atoms with van der Waals surface area (Å²) in [5, 5.41) is 12.8. The first-order valence-electron chi connectivity index (χ1n) is 6.19. The lowest BCUT2D eigenvalue weighted by molar-refractivity contribution is 0.164. The van der Waals surface area contributed by atoms with Crippen LogP contribution in [-0.2, 0) is 10.0 Å². The normalized spacial score (nSPS) is 17.2. The lowest BCUT2D eigenvalue weighted by Gasteiger charge is -2.13. The van der Waals surface area contributed by atoms with Crippen LogP contribution in [0.15, 0.2) is 23.1 Å². The number of anilines is 2. The van der Waals surface area contributed by atoms with Gasteiger partial charge in [0.05, 0.1) is 11.8 Å². The lowest BCUT2D eigenvalue weighted by Crippen LogP contribution is -2.22. The van der Waals surface area contributed by atoms with Crippen molar-refractivity contribution in [2.75, 3.05) is 24.6 Å². The van der Waals surface area contributed by atoms with Gasteiger partial charge in [-0.3, -0.25) is 0 Å². The molecule has 0 bridgehead atoms. The molecule has 1 aliphatic carbocycles. The van der Waals surface area contributed by atoms with Crippen LogP contribution in [0.4, 0.5) is 11.4 Å². The number of nitrogens with one attached hydrogen (secondary N) is 2. The first-order valence-corrected chi connectivity index (χ1v) is 7.67. The number of sulfonamides is 1. The van der Waals surface area contributed by atoms with Gasteiger partial charge in [-0.15, -0.1) is 0 Å². The van der Waals surface area contributed by atoms with E-state index in [0.29, 0.717) is 18.2 Å². The predicted molar refractivity (Wildman–Crippen MR) is 74.3 cm³/mol. The maximum Gasteiger partial charge on any atom is 0.242 e. The summed E-state index contributed by atoms with van der Waals surface area (Å²) in [5.41, 5.74) is 6.62. The molecular weight excluding hydrogens is 266 g/mol. The minimum atomic E-state index is -3.53. The van der Waals surface area contributed by atoms with E-state index < -0.39 is 10.0 Å². The van der Waals surface area contributed by atoms with E-state index in [4.69, 9.17) is 5.73 Å². The molecule has 0 radical (unpaired) electrons. The quantitative estimate of drug-likeness (QED) is 0.565. The predicted octanol–water partition coefficient (Wildman–Crippen LogP) is 0.360. The van der Waals surface area contributed by atoms with Crippen LogP contribution in [0.1, 0.15) is 12.8 Å². The van der Waals surface area contributed by atoms with Gasteiger partial charge in [0.2, 0.25) is 10.0 Å². The van der Waals surface area contributed by atoms with Crippen molar-refractivity contribution in [3.05, 3.63) is 18.2 Å². The molecule has 0 aromatic heterocycles. The molecule has 1 aliphatic rings. The summed E-state index contributed by atoms with van der Waals surface area (Å²) < 4.78 is 25.5. The van der Waals surface area contributed by atoms with Gasteiger partial charge in [0.15, 0.2) is 0 Å². The first-order chi connectivity index (χ1) is 8.94. The Balaban J connectivity index is 2.06. The number of benzene rings is 1. The third kappa shape index (κ3) is 3.37. The molecule has 0 aliphatic heterocycles. The van der Waals surface area contributed by atoms with Gasteiger partial charge in [-0.05, 0) is 44.0 Å². The van der Waals surface area contributed by atoms with Crippen molar-refractivity contribution in [1.82, 2.24) is 4.72 Å². The average Bonchev–Trinajstić information content (AvgIpc) is 3.20. The molecule has 1 aromatic rings. The zero-order chi connectivity index (χ0) is 14.0. The van der Waals surface area contributed by atoms with Gasteiger partial charge in [-0.25, -0.2) is 13.1 Å². The number of nitrogen functional groups attached to an aromatic ring is 1. The smallest absolute Gasteiger partial charge is 0.242 e. The summed E-state index contributed by atoms with van der Waals surface area (Å²) in [6.45, 7) is 0.447.